The number of fused-ring (bicyclic) bond motifs is 5. The molecule has 25 heavy (non-hydrogen) atoms. The molecule has 3 fully saturated rings. The zero-order valence-electron chi connectivity index (χ0n) is 15.4. The summed E-state index contributed by atoms with van der Waals surface area (Å²) in [5.74, 6) is 5.37. The third kappa shape index (κ3) is 2.53. The van der Waals surface area contributed by atoms with Crippen molar-refractivity contribution in [3.8, 4) is 11.3 Å². The van der Waals surface area contributed by atoms with E-state index in [1.807, 2.05) is 0 Å². The van der Waals surface area contributed by atoms with Gasteiger partial charge in [-0.05, 0) is 72.8 Å². The fourth-order valence-corrected chi connectivity index (χ4v) is 6.20. The lowest BCUT2D eigenvalue weighted by Gasteiger charge is -2.32. The number of nitrogens with zero attached hydrogens (tertiary/aromatic N) is 2. The van der Waals surface area contributed by atoms with Crippen LogP contribution in [0.25, 0.3) is 11.3 Å². The Kier molecular flexibility index (Phi) is 3.69. The quantitative estimate of drug-likeness (QED) is 0.709. The molecule has 0 amide bonds. The first-order valence-electron chi connectivity index (χ1n) is 10.1. The Hall–Kier alpha value is -1.70. The summed E-state index contributed by atoms with van der Waals surface area (Å²) in [6, 6.07) is 11.4. The van der Waals surface area contributed by atoms with E-state index in [4.69, 9.17) is 0 Å². The molecule has 0 spiro atoms. The van der Waals surface area contributed by atoms with Crippen LogP contribution in [0.5, 0.6) is 0 Å². The van der Waals surface area contributed by atoms with Crippen molar-refractivity contribution in [1.82, 2.24) is 9.97 Å². The first-order chi connectivity index (χ1) is 12.2. The van der Waals surface area contributed by atoms with Crippen LogP contribution in [0, 0.1) is 23.7 Å². The van der Waals surface area contributed by atoms with Gasteiger partial charge in [0.25, 0.3) is 0 Å². The van der Waals surface area contributed by atoms with Crippen molar-refractivity contribution in [2.45, 2.75) is 57.8 Å². The minimum Gasteiger partial charge on any atom is -0.241 e. The van der Waals surface area contributed by atoms with E-state index < -0.39 is 0 Å². The van der Waals surface area contributed by atoms with Crippen LogP contribution in [0.15, 0.2) is 36.7 Å². The summed E-state index contributed by atoms with van der Waals surface area (Å²) in [5.41, 5.74) is 4.96. The summed E-state index contributed by atoms with van der Waals surface area (Å²) >= 11 is 0. The van der Waals surface area contributed by atoms with Gasteiger partial charge in [-0.25, -0.2) is 9.97 Å². The maximum Gasteiger partial charge on any atom is 0.116 e. The average Bonchev–Trinajstić information content (AvgIpc) is 3.35. The van der Waals surface area contributed by atoms with Gasteiger partial charge in [0.2, 0.25) is 0 Å². The molecular weight excluding hydrogens is 304 g/mol. The van der Waals surface area contributed by atoms with Crippen molar-refractivity contribution in [3.05, 3.63) is 47.9 Å². The molecule has 5 atom stereocenters. The van der Waals surface area contributed by atoms with Crippen molar-refractivity contribution in [2.75, 3.05) is 0 Å². The van der Waals surface area contributed by atoms with Crippen molar-refractivity contribution in [3.63, 3.8) is 0 Å². The molecule has 1 aromatic heterocycles. The fraction of sp³-hybridized carbons (Fsp3) is 0.565. The summed E-state index contributed by atoms with van der Waals surface area (Å²) in [6.07, 6.45) is 9.15. The van der Waals surface area contributed by atoms with Crippen LogP contribution < -0.4 is 0 Å². The smallest absolute Gasteiger partial charge is 0.116 e. The predicted molar refractivity (Wildman–Crippen MR) is 101 cm³/mol. The Morgan fingerprint density at radius 3 is 2.52 bits per heavy atom. The normalized spacial score (nSPS) is 33.2. The third-order valence-corrected chi connectivity index (χ3v) is 7.34. The summed E-state index contributed by atoms with van der Waals surface area (Å²) in [6.45, 7) is 4.36. The molecule has 0 aliphatic heterocycles. The minimum atomic E-state index is 0.439. The lowest BCUT2D eigenvalue weighted by atomic mass is 9.73. The van der Waals surface area contributed by atoms with Crippen molar-refractivity contribution >= 4 is 0 Å². The van der Waals surface area contributed by atoms with Gasteiger partial charge in [-0.1, -0.05) is 44.5 Å². The molecule has 130 valence electrons. The van der Waals surface area contributed by atoms with Crippen LogP contribution >= 0.6 is 0 Å². The van der Waals surface area contributed by atoms with Crippen LogP contribution in [0.3, 0.4) is 0 Å². The highest BCUT2D eigenvalue weighted by molar-refractivity contribution is 5.59. The first-order valence-corrected chi connectivity index (χ1v) is 10.1. The Labute approximate surface area is 151 Å². The molecule has 3 aliphatic carbocycles. The highest BCUT2D eigenvalue weighted by atomic mass is 14.8. The first kappa shape index (κ1) is 15.5. The zero-order chi connectivity index (χ0) is 17.0. The number of aromatic nitrogens is 2. The maximum absolute atomic E-state index is 4.49. The molecule has 2 bridgehead atoms. The van der Waals surface area contributed by atoms with Crippen LogP contribution in [-0.4, -0.2) is 9.97 Å². The lowest BCUT2D eigenvalue weighted by molar-refractivity contribution is 0.232. The molecule has 2 aromatic rings. The average molecular weight is 332 g/mol. The second kappa shape index (κ2) is 5.93. The molecular formula is C23H28N2. The van der Waals surface area contributed by atoms with Crippen LogP contribution in [-0.2, 0) is 0 Å². The Morgan fingerprint density at radius 1 is 0.920 bits per heavy atom. The Morgan fingerprint density at radius 2 is 1.72 bits per heavy atom. The van der Waals surface area contributed by atoms with E-state index in [-0.39, 0.29) is 0 Å². The zero-order valence-corrected chi connectivity index (χ0v) is 15.4. The highest BCUT2D eigenvalue weighted by Crippen LogP contribution is 2.63. The fourth-order valence-electron chi connectivity index (χ4n) is 6.20. The van der Waals surface area contributed by atoms with E-state index in [1.54, 1.807) is 11.9 Å². The number of hydrogen-bond acceptors (Lipinski definition) is 2. The molecule has 0 radical (unpaired) electrons. The van der Waals surface area contributed by atoms with Crippen molar-refractivity contribution < 1.29 is 0 Å². The largest absolute Gasteiger partial charge is 0.241 e. The molecule has 5 rings (SSSR count). The van der Waals surface area contributed by atoms with Gasteiger partial charge in [-0.2, -0.15) is 0 Å². The number of hydrogen-bond donors (Lipinski definition) is 0. The number of benzene rings is 1. The van der Waals surface area contributed by atoms with E-state index in [1.165, 1.54) is 37.7 Å². The maximum atomic E-state index is 4.49. The molecule has 0 N–H and O–H groups in total. The summed E-state index contributed by atoms with van der Waals surface area (Å²) in [5, 5.41) is 0. The highest BCUT2D eigenvalue weighted by Gasteiger charge is 2.53. The van der Waals surface area contributed by atoms with Crippen molar-refractivity contribution in [2.24, 2.45) is 23.7 Å². The molecule has 3 saturated carbocycles. The van der Waals surface area contributed by atoms with Gasteiger partial charge in [-0.3, -0.25) is 0 Å². The Bertz CT molecular complexity index is 764. The molecule has 2 heteroatoms. The minimum absolute atomic E-state index is 0.439. The number of rotatable bonds is 3. The molecule has 1 aromatic carbocycles. The molecule has 1 heterocycles. The summed E-state index contributed by atoms with van der Waals surface area (Å²) in [7, 11) is 0. The van der Waals surface area contributed by atoms with E-state index in [2.05, 4.69) is 54.1 Å². The lowest BCUT2D eigenvalue weighted by Crippen LogP contribution is -2.23. The van der Waals surface area contributed by atoms with E-state index in [9.17, 15) is 0 Å². The molecule has 5 unspecified atom stereocenters. The molecule has 3 aliphatic rings. The van der Waals surface area contributed by atoms with Gasteiger partial charge in [-0.15, -0.1) is 0 Å². The second-order valence-electron chi connectivity index (χ2n) is 8.87. The van der Waals surface area contributed by atoms with Gasteiger partial charge in [0.05, 0.1) is 5.69 Å². The summed E-state index contributed by atoms with van der Waals surface area (Å²) in [4.78, 5) is 8.88. The Balaban J connectivity index is 1.38. The van der Waals surface area contributed by atoms with Gasteiger partial charge >= 0.3 is 0 Å². The van der Waals surface area contributed by atoms with Gasteiger partial charge in [0.1, 0.15) is 6.33 Å². The standard InChI is InChI=1S/C23H28N2/c1-14(2)22-12-23(25-13-24-22)16-8-6-15(7-9-16)20-10-17-11-21(20)19-5-3-4-18(17)19/h6-9,12-14,17-21H,3-5,10-11H2,1-2H3. The van der Waals surface area contributed by atoms with E-state index in [0.717, 1.165) is 41.0 Å². The van der Waals surface area contributed by atoms with Crippen molar-refractivity contribution in [1.29, 1.82) is 0 Å². The SMILES string of the molecule is CC(C)c1cc(-c2ccc(C3CC4CC3C3CCCC43)cc2)ncn1. The predicted octanol–water partition coefficient (Wildman–Crippen LogP) is 5.81. The summed E-state index contributed by atoms with van der Waals surface area (Å²) < 4.78 is 0. The van der Waals surface area contributed by atoms with Crippen LogP contribution in [0.1, 0.15) is 69.0 Å². The second-order valence-corrected chi connectivity index (χ2v) is 8.87. The topological polar surface area (TPSA) is 25.8 Å². The van der Waals surface area contributed by atoms with Gasteiger partial charge in [0.15, 0.2) is 0 Å². The third-order valence-electron chi connectivity index (χ3n) is 7.34. The van der Waals surface area contributed by atoms with Gasteiger partial charge < -0.3 is 0 Å². The monoisotopic (exact) mass is 332 g/mol. The van der Waals surface area contributed by atoms with Crippen LogP contribution in [0.4, 0.5) is 0 Å². The van der Waals surface area contributed by atoms with Crippen LogP contribution in [0.2, 0.25) is 0 Å². The molecule has 2 nitrogen and oxygen atoms in total. The molecule has 0 saturated heterocycles. The van der Waals surface area contributed by atoms with E-state index in [0.29, 0.717) is 5.92 Å². The van der Waals surface area contributed by atoms with E-state index >= 15 is 0 Å². The van der Waals surface area contributed by atoms with Gasteiger partial charge in [0, 0.05) is 11.3 Å².